The maximum Gasteiger partial charge on any atom is 0.279 e. The summed E-state index contributed by atoms with van der Waals surface area (Å²) in [6.45, 7) is 7.17. The topological polar surface area (TPSA) is 42.8 Å². The highest BCUT2D eigenvalue weighted by atomic mass is 35.5. The number of ether oxygens (including phenoxy) is 1. The van der Waals surface area contributed by atoms with Gasteiger partial charge in [0.25, 0.3) is 5.91 Å². The van der Waals surface area contributed by atoms with E-state index in [2.05, 4.69) is 19.2 Å². The van der Waals surface area contributed by atoms with Gasteiger partial charge in [0.1, 0.15) is 5.75 Å². The molecule has 0 spiro atoms. The van der Waals surface area contributed by atoms with Crippen molar-refractivity contribution < 1.29 is 14.4 Å². The van der Waals surface area contributed by atoms with Crippen molar-refractivity contribution in [1.29, 1.82) is 0 Å². The molecular formula is C16H24ClN2O2+. The Morgan fingerprint density at radius 3 is 2.62 bits per heavy atom. The molecule has 1 aromatic carbocycles. The summed E-state index contributed by atoms with van der Waals surface area (Å²) >= 11 is 6.06. The summed E-state index contributed by atoms with van der Waals surface area (Å²) in [6.07, 6.45) is 1.26. The molecule has 0 aromatic heterocycles. The predicted molar refractivity (Wildman–Crippen MR) is 85.1 cm³/mol. The molecule has 116 valence electrons. The summed E-state index contributed by atoms with van der Waals surface area (Å²) in [5, 5.41) is 3.41. The van der Waals surface area contributed by atoms with Crippen LogP contribution in [0.25, 0.3) is 0 Å². The fraction of sp³-hybridized carbons (Fsp3) is 0.562. The van der Waals surface area contributed by atoms with Crippen LogP contribution in [0.1, 0.15) is 20.3 Å². The van der Waals surface area contributed by atoms with Crippen molar-refractivity contribution in [2.45, 2.75) is 20.3 Å². The molecule has 2 N–H and O–H groups in total. The smallest absolute Gasteiger partial charge is 0.279 e. The fourth-order valence-corrected chi connectivity index (χ4v) is 3.50. The highest BCUT2D eigenvalue weighted by Crippen LogP contribution is 2.27. The third-order valence-electron chi connectivity index (χ3n) is 3.93. The molecule has 1 saturated heterocycles. The van der Waals surface area contributed by atoms with Crippen LogP contribution in [0.15, 0.2) is 18.2 Å². The second kappa shape index (κ2) is 7.14. The van der Waals surface area contributed by atoms with Gasteiger partial charge in [-0.1, -0.05) is 25.4 Å². The van der Waals surface area contributed by atoms with Crippen LogP contribution in [-0.4, -0.2) is 32.7 Å². The van der Waals surface area contributed by atoms with Gasteiger partial charge < -0.3 is 15.0 Å². The number of methoxy groups -OCH3 is 1. The highest BCUT2D eigenvalue weighted by Gasteiger charge is 2.26. The zero-order valence-corrected chi connectivity index (χ0v) is 13.7. The van der Waals surface area contributed by atoms with Crippen LogP contribution in [-0.2, 0) is 4.79 Å². The van der Waals surface area contributed by atoms with Gasteiger partial charge in [-0.25, -0.2) is 0 Å². The number of carbonyl (C=O) groups is 1. The van der Waals surface area contributed by atoms with E-state index in [4.69, 9.17) is 16.3 Å². The van der Waals surface area contributed by atoms with E-state index >= 15 is 0 Å². The van der Waals surface area contributed by atoms with E-state index in [0.29, 0.717) is 34.8 Å². The number of benzene rings is 1. The first-order chi connectivity index (χ1) is 9.97. The third-order valence-corrected chi connectivity index (χ3v) is 4.22. The molecule has 21 heavy (non-hydrogen) atoms. The molecule has 1 aromatic rings. The molecule has 0 radical (unpaired) electrons. The van der Waals surface area contributed by atoms with Gasteiger partial charge in [-0.05, 0) is 24.6 Å². The van der Waals surface area contributed by atoms with Gasteiger partial charge in [-0.15, -0.1) is 0 Å². The Bertz CT molecular complexity index is 497. The minimum atomic E-state index is 0.0348. The summed E-state index contributed by atoms with van der Waals surface area (Å²) < 4.78 is 5.10. The Kier molecular flexibility index (Phi) is 5.48. The van der Waals surface area contributed by atoms with Crippen molar-refractivity contribution in [3.05, 3.63) is 23.2 Å². The Hall–Kier alpha value is -1.26. The lowest BCUT2D eigenvalue weighted by molar-refractivity contribution is -0.904. The van der Waals surface area contributed by atoms with Gasteiger partial charge in [0.2, 0.25) is 0 Å². The van der Waals surface area contributed by atoms with Crippen LogP contribution in [0.5, 0.6) is 5.75 Å². The fourth-order valence-electron chi connectivity index (χ4n) is 3.24. The minimum Gasteiger partial charge on any atom is -0.495 e. The van der Waals surface area contributed by atoms with Crippen molar-refractivity contribution in [3.8, 4) is 5.75 Å². The zero-order chi connectivity index (χ0) is 15.4. The molecule has 0 saturated carbocycles. The van der Waals surface area contributed by atoms with E-state index in [1.165, 1.54) is 11.3 Å². The van der Waals surface area contributed by atoms with Crippen LogP contribution in [0, 0.1) is 11.8 Å². The van der Waals surface area contributed by atoms with Crippen molar-refractivity contribution >= 4 is 23.2 Å². The molecule has 0 aliphatic carbocycles. The number of piperidine rings is 1. The van der Waals surface area contributed by atoms with Crippen LogP contribution in [0.3, 0.4) is 0 Å². The Labute approximate surface area is 131 Å². The molecule has 2 atom stereocenters. The number of amides is 1. The average molecular weight is 312 g/mol. The summed E-state index contributed by atoms with van der Waals surface area (Å²) in [7, 11) is 1.57. The minimum absolute atomic E-state index is 0.0348. The maximum absolute atomic E-state index is 12.2. The average Bonchev–Trinajstić information content (AvgIpc) is 2.37. The highest BCUT2D eigenvalue weighted by molar-refractivity contribution is 6.32. The number of anilines is 1. The lowest BCUT2D eigenvalue weighted by atomic mass is 9.92. The summed E-state index contributed by atoms with van der Waals surface area (Å²) in [4.78, 5) is 13.5. The molecule has 5 heteroatoms. The van der Waals surface area contributed by atoms with Gasteiger partial charge in [-0.2, -0.15) is 0 Å². The second-order valence-electron chi connectivity index (χ2n) is 6.18. The van der Waals surface area contributed by atoms with Crippen molar-refractivity contribution in [2.24, 2.45) is 11.8 Å². The van der Waals surface area contributed by atoms with E-state index in [0.717, 1.165) is 13.1 Å². The van der Waals surface area contributed by atoms with Gasteiger partial charge in [0.05, 0.1) is 25.2 Å². The molecule has 1 aliphatic heterocycles. The molecule has 4 nitrogen and oxygen atoms in total. The van der Waals surface area contributed by atoms with E-state index in [1.807, 2.05) is 0 Å². The van der Waals surface area contributed by atoms with Gasteiger partial charge in [-0.3, -0.25) is 4.79 Å². The molecule has 1 heterocycles. The number of quaternary nitrogens is 1. The van der Waals surface area contributed by atoms with Crippen LogP contribution >= 0.6 is 11.6 Å². The lowest BCUT2D eigenvalue weighted by Crippen LogP contribution is -3.15. The first-order valence-electron chi connectivity index (χ1n) is 7.45. The zero-order valence-electron chi connectivity index (χ0n) is 12.9. The number of rotatable bonds is 4. The number of likely N-dealkylation sites (tertiary alicyclic amines) is 1. The third kappa shape index (κ3) is 4.61. The number of hydrogen-bond acceptors (Lipinski definition) is 2. The SMILES string of the molecule is COc1ccc(NC(=O)C[NH+]2C[C@@H](C)C[C@H](C)C2)cc1Cl. The van der Waals surface area contributed by atoms with Crippen molar-refractivity contribution in [1.82, 2.24) is 0 Å². The van der Waals surface area contributed by atoms with Crippen LogP contribution in [0.2, 0.25) is 5.02 Å². The normalized spacial score (nSPS) is 25.4. The standard InChI is InChI=1S/C16H23ClN2O2/c1-11-6-12(2)9-19(8-11)10-16(20)18-13-4-5-15(21-3)14(17)7-13/h4-5,7,11-12H,6,8-10H2,1-3H3,(H,18,20)/p+1/t11-,12-/m0/s1. The Morgan fingerprint density at radius 1 is 1.38 bits per heavy atom. The maximum atomic E-state index is 12.2. The second-order valence-corrected chi connectivity index (χ2v) is 6.59. The van der Waals surface area contributed by atoms with Gasteiger partial charge in [0.15, 0.2) is 6.54 Å². The molecule has 0 bridgehead atoms. The number of halogens is 1. The van der Waals surface area contributed by atoms with Crippen molar-refractivity contribution in [2.75, 3.05) is 32.1 Å². The van der Waals surface area contributed by atoms with E-state index < -0.39 is 0 Å². The Morgan fingerprint density at radius 2 is 2.05 bits per heavy atom. The van der Waals surface area contributed by atoms with Crippen molar-refractivity contribution in [3.63, 3.8) is 0 Å². The van der Waals surface area contributed by atoms with Gasteiger partial charge in [0, 0.05) is 17.5 Å². The van der Waals surface area contributed by atoms with Crippen LogP contribution in [0.4, 0.5) is 5.69 Å². The lowest BCUT2D eigenvalue weighted by Gasteiger charge is -2.31. The molecule has 1 amide bonds. The quantitative estimate of drug-likeness (QED) is 0.891. The molecular weight excluding hydrogens is 288 g/mol. The number of hydrogen-bond donors (Lipinski definition) is 2. The first kappa shape index (κ1) is 16.1. The monoisotopic (exact) mass is 311 g/mol. The van der Waals surface area contributed by atoms with E-state index in [1.54, 1.807) is 25.3 Å². The predicted octanol–water partition coefficient (Wildman–Crippen LogP) is 1.85. The molecule has 1 fully saturated rings. The van der Waals surface area contributed by atoms with Gasteiger partial charge >= 0.3 is 0 Å². The summed E-state index contributed by atoms with van der Waals surface area (Å²) in [6, 6.07) is 5.28. The molecule has 1 aliphatic rings. The largest absolute Gasteiger partial charge is 0.495 e. The first-order valence-corrected chi connectivity index (χ1v) is 7.82. The Balaban J connectivity index is 1.91. The summed E-state index contributed by atoms with van der Waals surface area (Å²) in [5.74, 6) is 2.02. The molecule has 2 rings (SSSR count). The molecule has 0 unspecified atom stereocenters. The van der Waals surface area contributed by atoms with Crippen LogP contribution < -0.4 is 15.0 Å². The summed E-state index contributed by atoms with van der Waals surface area (Å²) in [5.41, 5.74) is 0.711. The van der Waals surface area contributed by atoms with E-state index in [-0.39, 0.29) is 5.91 Å². The number of nitrogens with one attached hydrogen (secondary N) is 2. The van der Waals surface area contributed by atoms with E-state index in [9.17, 15) is 4.79 Å². The number of carbonyl (C=O) groups excluding carboxylic acids is 1.